The topological polar surface area (TPSA) is 85.2 Å². The van der Waals surface area contributed by atoms with Crippen molar-refractivity contribution in [1.82, 2.24) is 4.90 Å². The van der Waals surface area contributed by atoms with Crippen LogP contribution in [0.15, 0.2) is 48.5 Å². The van der Waals surface area contributed by atoms with Gasteiger partial charge in [-0.25, -0.2) is 0 Å². The van der Waals surface area contributed by atoms with E-state index in [2.05, 4.69) is 16.7 Å². The molecule has 6 heteroatoms. The Kier molecular flexibility index (Phi) is 3.85. The third kappa shape index (κ3) is 2.58. The standard InChI is InChI=1S/C20H18N4O2/c21-13-14-5-1-2-6-15(14)18(25)24-11-9-20(10-12-24)19(26)22-16-7-3-4-8-17(16)23-20/h1-8,23H,9-12H2,(H,22,26). The molecule has 2 heterocycles. The zero-order valence-corrected chi connectivity index (χ0v) is 14.2. The minimum atomic E-state index is -0.695. The van der Waals surface area contributed by atoms with Crippen LogP contribution in [0.2, 0.25) is 0 Å². The summed E-state index contributed by atoms with van der Waals surface area (Å²) in [6.45, 7) is 0.919. The van der Waals surface area contributed by atoms with Gasteiger partial charge in [-0.2, -0.15) is 5.26 Å². The summed E-state index contributed by atoms with van der Waals surface area (Å²) >= 11 is 0. The highest BCUT2D eigenvalue weighted by Crippen LogP contribution is 2.36. The number of rotatable bonds is 1. The molecule has 1 spiro atoms. The number of carbonyl (C=O) groups is 2. The zero-order valence-electron chi connectivity index (χ0n) is 14.2. The summed E-state index contributed by atoms with van der Waals surface area (Å²) in [6, 6.07) is 16.5. The molecule has 4 rings (SSSR count). The molecule has 2 aromatic carbocycles. The van der Waals surface area contributed by atoms with Crippen LogP contribution in [0.5, 0.6) is 0 Å². The Bertz CT molecular complexity index is 923. The summed E-state index contributed by atoms with van der Waals surface area (Å²) < 4.78 is 0. The number of amides is 2. The number of piperidine rings is 1. The van der Waals surface area contributed by atoms with Crippen molar-refractivity contribution in [3.05, 3.63) is 59.7 Å². The Hall–Kier alpha value is -3.33. The number of nitrogens with one attached hydrogen (secondary N) is 2. The van der Waals surface area contributed by atoms with Gasteiger partial charge in [-0.05, 0) is 37.1 Å². The molecule has 130 valence electrons. The van der Waals surface area contributed by atoms with Crippen LogP contribution in [0.3, 0.4) is 0 Å². The van der Waals surface area contributed by atoms with Crippen LogP contribution in [0, 0.1) is 11.3 Å². The summed E-state index contributed by atoms with van der Waals surface area (Å²) in [6.07, 6.45) is 1.04. The second kappa shape index (κ2) is 6.19. The van der Waals surface area contributed by atoms with E-state index in [4.69, 9.17) is 0 Å². The number of carbonyl (C=O) groups excluding carboxylic acids is 2. The quantitative estimate of drug-likeness (QED) is 0.831. The molecular weight excluding hydrogens is 328 g/mol. The number of likely N-dealkylation sites (tertiary alicyclic amines) is 1. The van der Waals surface area contributed by atoms with Crippen molar-refractivity contribution >= 4 is 23.2 Å². The second-order valence-electron chi connectivity index (χ2n) is 6.66. The lowest BCUT2D eigenvalue weighted by Crippen LogP contribution is -2.59. The summed E-state index contributed by atoms with van der Waals surface area (Å²) in [4.78, 5) is 27.2. The van der Waals surface area contributed by atoms with Crippen LogP contribution in [-0.2, 0) is 4.79 Å². The van der Waals surface area contributed by atoms with Crippen molar-refractivity contribution in [1.29, 1.82) is 5.26 Å². The normalized spacial score (nSPS) is 17.7. The molecule has 1 saturated heterocycles. The monoisotopic (exact) mass is 346 g/mol. The van der Waals surface area contributed by atoms with Crippen molar-refractivity contribution in [2.75, 3.05) is 23.7 Å². The fourth-order valence-corrected chi connectivity index (χ4v) is 3.64. The summed E-state index contributed by atoms with van der Waals surface area (Å²) in [7, 11) is 0. The minimum Gasteiger partial charge on any atom is -0.369 e. The fourth-order valence-electron chi connectivity index (χ4n) is 3.64. The van der Waals surface area contributed by atoms with E-state index in [0.717, 1.165) is 11.4 Å². The number of para-hydroxylation sites is 2. The average Bonchev–Trinajstić information content (AvgIpc) is 2.69. The first kappa shape index (κ1) is 16.2. The van der Waals surface area contributed by atoms with Crippen molar-refractivity contribution in [2.45, 2.75) is 18.4 Å². The predicted octanol–water partition coefficient (Wildman–Crippen LogP) is 2.60. The second-order valence-corrected chi connectivity index (χ2v) is 6.66. The van der Waals surface area contributed by atoms with Gasteiger partial charge in [-0.1, -0.05) is 24.3 Å². The highest BCUT2D eigenvalue weighted by molar-refractivity contribution is 6.06. The van der Waals surface area contributed by atoms with Crippen LogP contribution in [0.25, 0.3) is 0 Å². The highest BCUT2D eigenvalue weighted by atomic mass is 16.2. The maximum absolute atomic E-state index is 12.8. The molecule has 0 aromatic heterocycles. The molecular formula is C20H18N4O2. The molecule has 2 N–H and O–H groups in total. The van der Waals surface area contributed by atoms with Crippen LogP contribution in [0.1, 0.15) is 28.8 Å². The lowest BCUT2D eigenvalue weighted by Gasteiger charge is -2.44. The van der Waals surface area contributed by atoms with Crippen molar-refractivity contribution < 1.29 is 9.59 Å². The SMILES string of the molecule is N#Cc1ccccc1C(=O)N1CCC2(CC1)Nc1ccccc1NC2=O. The zero-order chi connectivity index (χ0) is 18.1. The van der Waals surface area contributed by atoms with Gasteiger partial charge < -0.3 is 15.5 Å². The van der Waals surface area contributed by atoms with E-state index in [1.54, 1.807) is 29.2 Å². The Morgan fingerprint density at radius 2 is 1.69 bits per heavy atom. The van der Waals surface area contributed by atoms with Crippen molar-refractivity contribution in [3.63, 3.8) is 0 Å². The number of anilines is 2. The van der Waals surface area contributed by atoms with Crippen molar-refractivity contribution in [3.8, 4) is 6.07 Å². The van der Waals surface area contributed by atoms with Gasteiger partial charge in [0, 0.05) is 13.1 Å². The van der Waals surface area contributed by atoms with E-state index in [1.165, 1.54) is 0 Å². The third-order valence-electron chi connectivity index (χ3n) is 5.17. The first-order valence-corrected chi connectivity index (χ1v) is 8.60. The van der Waals surface area contributed by atoms with E-state index in [1.807, 2.05) is 24.3 Å². The van der Waals surface area contributed by atoms with E-state index in [9.17, 15) is 14.9 Å². The number of hydrogen-bond acceptors (Lipinski definition) is 4. The molecule has 2 amide bonds. The van der Waals surface area contributed by atoms with Gasteiger partial charge in [-0.3, -0.25) is 9.59 Å². The molecule has 2 aromatic rings. The molecule has 0 atom stereocenters. The van der Waals surface area contributed by atoms with E-state index < -0.39 is 5.54 Å². The van der Waals surface area contributed by atoms with Crippen LogP contribution in [0.4, 0.5) is 11.4 Å². The third-order valence-corrected chi connectivity index (χ3v) is 5.17. The molecule has 6 nitrogen and oxygen atoms in total. The smallest absolute Gasteiger partial charge is 0.255 e. The summed E-state index contributed by atoms with van der Waals surface area (Å²) in [5.41, 5.74) is 1.78. The molecule has 1 fully saturated rings. The van der Waals surface area contributed by atoms with Gasteiger partial charge in [0.15, 0.2) is 0 Å². The number of benzene rings is 2. The summed E-state index contributed by atoms with van der Waals surface area (Å²) in [5, 5.41) is 15.6. The van der Waals surface area contributed by atoms with Gasteiger partial charge in [-0.15, -0.1) is 0 Å². The van der Waals surface area contributed by atoms with E-state index in [0.29, 0.717) is 37.1 Å². The highest BCUT2D eigenvalue weighted by Gasteiger charge is 2.45. The maximum atomic E-state index is 12.8. The summed E-state index contributed by atoms with van der Waals surface area (Å²) in [5.74, 6) is -0.214. The Morgan fingerprint density at radius 1 is 1.04 bits per heavy atom. The van der Waals surface area contributed by atoms with Crippen molar-refractivity contribution in [2.24, 2.45) is 0 Å². The van der Waals surface area contributed by atoms with E-state index in [-0.39, 0.29) is 11.8 Å². The molecule has 0 radical (unpaired) electrons. The van der Waals surface area contributed by atoms with Crippen LogP contribution < -0.4 is 10.6 Å². The number of hydrogen-bond donors (Lipinski definition) is 2. The first-order valence-electron chi connectivity index (χ1n) is 8.60. The molecule has 0 bridgehead atoms. The van der Waals surface area contributed by atoms with Gasteiger partial charge in [0.2, 0.25) is 5.91 Å². The van der Waals surface area contributed by atoms with Gasteiger partial charge in [0.05, 0.1) is 28.6 Å². The Labute approximate surface area is 151 Å². The fraction of sp³-hybridized carbons (Fsp3) is 0.250. The Balaban J connectivity index is 1.52. The van der Waals surface area contributed by atoms with Gasteiger partial charge >= 0.3 is 0 Å². The van der Waals surface area contributed by atoms with E-state index >= 15 is 0 Å². The van der Waals surface area contributed by atoms with Crippen LogP contribution in [-0.4, -0.2) is 35.3 Å². The predicted molar refractivity (Wildman–Crippen MR) is 97.7 cm³/mol. The molecule has 0 saturated carbocycles. The minimum absolute atomic E-state index is 0.0549. The number of fused-ring (bicyclic) bond motifs is 1. The molecule has 2 aliphatic rings. The largest absolute Gasteiger partial charge is 0.369 e. The number of nitriles is 1. The molecule has 0 unspecified atom stereocenters. The average molecular weight is 346 g/mol. The molecule has 26 heavy (non-hydrogen) atoms. The van der Waals surface area contributed by atoms with Gasteiger partial charge in [0.1, 0.15) is 5.54 Å². The lowest BCUT2D eigenvalue weighted by atomic mass is 9.84. The van der Waals surface area contributed by atoms with Gasteiger partial charge in [0.25, 0.3) is 5.91 Å². The molecule has 0 aliphatic carbocycles. The first-order chi connectivity index (χ1) is 12.6. The lowest BCUT2D eigenvalue weighted by molar-refractivity contribution is -0.122. The Morgan fingerprint density at radius 3 is 2.42 bits per heavy atom. The number of nitrogens with zero attached hydrogens (tertiary/aromatic N) is 2. The molecule has 2 aliphatic heterocycles. The maximum Gasteiger partial charge on any atom is 0.255 e. The van der Waals surface area contributed by atoms with Crippen LogP contribution >= 0.6 is 0 Å².